The molecule has 3 aromatic carbocycles. The van der Waals surface area contributed by atoms with E-state index in [0.29, 0.717) is 56.0 Å². The van der Waals surface area contributed by atoms with Gasteiger partial charge in [-0.3, -0.25) is 0 Å². The zero-order valence-electron chi connectivity index (χ0n) is 23.4. The number of esters is 1. The Balaban J connectivity index is 1.39. The molecule has 3 aromatic rings. The largest absolute Gasteiger partial charge is 0.493 e. The van der Waals surface area contributed by atoms with Gasteiger partial charge in [0.05, 0.1) is 26.4 Å². The van der Waals surface area contributed by atoms with E-state index in [-0.39, 0.29) is 25.8 Å². The third-order valence-corrected chi connectivity index (χ3v) is 7.97. The Bertz CT molecular complexity index is 1580. The molecule has 2 N–H and O–H groups in total. The first-order chi connectivity index (χ1) is 20.2. The lowest BCUT2D eigenvalue weighted by Crippen LogP contribution is -2.65. The predicted octanol–water partition coefficient (Wildman–Crippen LogP) is 2.90. The number of hydrogen-bond donors (Lipinski definition) is 2. The van der Waals surface area contributed by atoms with E-state index in [1.54, 1.807) is 38.1 Å². The number of aliphatic hydroxyl groups excluding tert-OH is 2. The number of hydrogen-bond acceptors (Lipinski definition) is 12. The van der Waals surface area contributed by atoms with Crippen LogP contribution in [0.15, 0.2) is 30.3 Å². The predicted molar refractivity (Wildman–Crippen MR) is 144 cm³/mol. The summed E-state index contributed by atoms with van der Waals surface area (Å²) in [5.41, 5.74) is 2.01. The molecule has 0 spiro atoms. The Kier molecular flexibility index (Phi) is 6.37. The highest BCUT2D eigenvalue weighted by molar-refractivity contribution is 6.14. The van der Waals surface area contributed by atoms with Crippen molar-refractivity contribution in [3.63, 3.8) is 0 Å². The van der Waals surface area contributed by atoms with Crippen LogP contribution >= 0.6 is 0 Å². The number of benzene rings is 3. The lowest BCUT2D eigenvalue weighted by atomic mass is 9.89. The first kappa shape index (κ1) is 27.0. The third-order valence-electron chi connectivity index (χ3n) is 7.97. The Labute approximate surface area is 240 Å². The van der Waals surface area contributed by atoms with Crippen LogP contribution in [0.25, 0.3) is 21.9 Å². The second kappa shape index (κ2) is 9.89. The third kappa shape index (κ3) is 4.21. The maximum atomic E-state index is 13.3. The van der Waals surface area contributed by atoms with Gasteiger partial charge in [-0.2, -0.15) is 0 Å². The summed E-state index contributed by atoms with van der Waals surface area (Å²) < 4.78 is 51.8. The van der Waals surface area contributed by atoms with Crippen LogP contribution in [0.2, 0.25) is 0 Å². The van der Waals surface area contributed by atoms with Crippen molar-refractivity contribution >= 4 is 16.7 Å². The molecule has 0 aliphatic carbocycles. The van der Waals surface area contributed by atoms with Gasteiger partial charge in [0.2, 0.25) is 13.1 Å². The molecule has 0 amide bonds. The maximum Gasteiger partial charge on any atom is 0.339 e. The normalized spacial score (nSPS) is 27.3. The summed E-state index contributed by atoms with van der Waals surface area (Å²) >= 11 is 0. The molecular weight excluding hydrogens is 552 g/mol. The Morgan fingerprint density at radius 1 is 0.905 bits per heavy atom. The van der Waals surface area contributed by atoms with E-state index in [2.05, 4.69) is 0 Å². The molecule has 0 bridgehead atoms. The van der Waals surface area contributed by atoms with Crippen molar-refractivity contribution in [3.05, 3.63) is 41.5 Å². The summed E-state index contributed by atoms with van der Waals surface area (Å²) in [6, 6.07) is 8.89. The average Bonchev–Trinajstić information content (AvgIpc) is 3.61. The molecule has 222 valence electrons. The number of methoxy groups -OCH3 is 2. The fourth-order valence-electron chi connectivity index (χ4n) is 5.94. The van der Waals surface area contributed by atoms with Crippen molar-refractivity contribution in [1.29, 1.82) is 0 Å². The van der Waals surface area contributed by atoms with Crippen molar-refractivity contribution in [2.24, 2.45) is 0 Å². The topological polar surface area (TPSA) is 141 Å². The van der Waals surface area contributed by atoms with E-state index in [4.69, 9.17) is 42.6 Å². The van der Waals surface area contributed by atoms with Crippen LogP contribution in [-0.4, -0.2) is 80.3 Å². The van der Waals surface area contributed by atoms with Crippen LogP contribution < -0.4 is 23.7 Å². The molecule has 0 radical (unpaired) electrons. The van der Waals surface area contributed by atoms with Crippen LogP contribution in [0.4, 0.5) is 0 Å². The average molecular weight is 583 g/mol. The fourth-order valence-corrected chi connectivity index (χ4v) is 5.94. The van der Waals surface area contributed by atoms with Crippen LogP contribution in [0.1, 0.15) is 29.8 Å². The maximum absolute atomic E-state index is 13.3. The molecule has 0 saturated carbocycles. The Morgan fingerprint density at radius 3 is 2.40 bits per heavy atom. The molecule has 4 heterocycles. The molecule has 12 nitrogen and oxygen atoms in total. The van der Waals surface area contributed by atoms with E-state index in [1.165, 1.54) is 14.2 Å². The Hall–Kier alpha value is -3.81. The highest BCUT2D eigenvalue weighted by atomic mass is 16.8. The minimum absolute atomic E-state index is 0.0802. The van der Waals surface area contributed by atoms with Crippen LogP contribution in [0, 0.1) is 0 Å². The first-order valence-electron chi connectivity index (χ1n) is 13.5. The standard InChI is InChI=1S/C30H30O12/c1-30(2)39-11-21-27(42-30)24(31)25(32)29(40-21)41-26-15-9-19(35-4)18(34-3)8-14(15)22(23-16(26)10-36-28(23)33)13-5-6-17-20(7-13)38-12-37-17/h5-9,21,24-25,27,29,31-32H,10-12H2,1-4H3/t21-,24-,25-,27-,29+/m1/s1. The van der Waals surface area contributed by atoms with Crippen molar-refractivity contribution in [3.8, 4) is 39.9 Å². The molecule has 0 unspecified atom stereocenters. The molecule has 4 aliphatic heterocycles. The minimum atomic E-state index is -1.47. The zero-order chi connectivity index (χ0) is 29.3. The van der Waals surface area contributed by atoms with Crippen molar-refractivity contribution < 1.29 is 57.6 Å². The van der Waals surface area contributed by atoms with E-state index >= 15 is 0 Å². The molecule has 12 heteroatoms. The van der Waals surface area contributed by atoms with Crippen molar-refractivity contribution in [2.45, 2.75) is 56.9 Å². The van der Waals surface area contributed by atoms with Gasteiger partial charge in [-0.25, -0.2) is 4.79 Å². The van der Waals surface area contributed by atoms with E-state index in [1.807, 2.05) is 6.07 Å². The fraction of sp³-hybridized carbons (Fsp3) is 0.433. The zero-order valence-corrected chi connectivity index (χ0v) is 23.4. The molecule has 2 saturated heterocycles. The lowest BCUT2D eigenvalue weighted by Gasteiger charge is -2.48. The number of carbonyl (C=O) groups excluding carboxylic acids is 1. The minimum Gasteiger partial charge on any atom is -0.493 e. The molecule has 4 aliphatic rings. The SMILES string of the molecule is COc1cc2c(O[C@@H]3O[C@@H]4COC(C)(C)O[C@H]4[C@H](O)[C@H]3O)c3c(c(-c4ccc5c(c4)OCO5)c2cc1OC)C(=O)OC3. The van der Waals surface area contributed by atoms with Crippen LogP contribution in [0.3, 0.4) is 0 Å². The second-order valence-electron chi connectivity index (χ2n) is 10.9. The van der Waals surface area contributed by atoms with Gasteiger partial charge in [-0.05, 0) is 49.1 Å². The summed E-state index contributed by atoms with van der Waals surface area (Å²) in [6.07, 6.45) is -5.65. The van der Waals surface area contributed by atoms with Gasteiger partial charge in [-0.1, -0.05) is 6.07 Å². The number of ether oxygens (including phenoxy) is 9. The quantitative estimate of drug-likeness (QED) is 0.428. The number of rotatable bonds is 5. The van der Waals surface area contributed by atoms with Crippen molar-refractivity contribution in [2.75, 3.05) is 27.6 Å². The molecular formula is C30H30O12. The van der Waals surface area contributed by atoms with Gasteiger partial charge in [0.15, 0.2) is 28.8 Å². The summed E-state index contributed by atoms with van der Waals surface area (Å²) in [6.45, 7) is 3.59. The lowest BCUT2D eigenvalue weighted by molar-refractivity contribution is -0.373. The van der Waals surface area contributed by atoms with Crippen LogP contribution in [0.5, 0.6) is 28.7 Å². The second-order valence-corrected chi connectivity index (χ2v) is 10.9. The van der Waals surface area contributed by atoms with Gasteiger partial charge >= 0.3 is 5.97 Å². The summed E-state index contributed by atoms with van der Waals surface area (Å²) in [7, 11) is 3.03. The van der Waals surface area contributed by atoms with Gasteiger partial charge in [-0.15, -0.1) is 0 Å². The number of carbonyl (C=O) groups is 1. The highest BCUT2D eigenvalue weighted by Gasteiger charge is 2.51. The molecule has 7 rings (SSSR count). The Morgan fingerprint density at radius 2 is 1.64 bits per heavy atom. The molecule has 5 atom stereocenters. The van der Waals surface area contributed by atoms with Gasteiger partial charge < -0.3 is 52.8 Å². The van der Waals surface area contributed by atoms with E-state index in [9.17, 15) is 15.0 Å². The van der Waals surface area contributed by atoms with Gasteiger partial charge in [0, 0.05) is 16.5 Å². The highest BCUT2D eigenvalue weighted by Crippen LogP contribution is 2.50. The smallest absolute Gasteiger partial charge is 0.339 e. The number of cyclic esters (lactones) is 1. The summed E-state index contributed by atoms with van der Waals surface area (Å²) in [4.78, 5) is 13.3. The van der Waals surface area contributed by atoms with Crippen molar-refractivity contribution in [1.82, 2.24) is 0 Å². The molecule has 2 fully saturated rings. The molecule has 42 heavy (non-hydrogen) atoms. The van der Waals surface area contributed by atoms with Gasteiger partial charge in [0.1, 0.15) is 36.8 Å². The number of fused-ring (bicyclic) bond motifs is 4. The summed E-state index contributed by atoms with van der Waals surface area (Å²) in [5.74, 6) is 0.733. The van der Waals surface area contributed by atoms with Crippen LogP contribution in [-0.2, 0) is 25.6 Å². The molecule has 0 aromatic heterocycles. The van der Waals surface area contributed by atoms with E-state index in [0.717, 1.165) is 0 Å². The summed E-state index contributed by atoms with van der Waals surface area (Å²) in [5, 5.41) is 23.2. The monoisotopic (exact) mass is 582 g/mol. The van der Waals surface area contributed by atoms with E-state index < -0.39 is 42.5 Å². The first-order valence-corrected chi connectivity index (χ1v) is 13.5. The van der Waals surface area contributed by atoms with Gasteiger partial charge in [0.25, 0.3) is 0 Å². The number of aliphatic hydroxyl groups is 2.